The van der Waals surface area contributed by atoms with E-state index in [-0.39, 0.29) is 11.0 Å². The van der Waals surface area contributed by atoms with E-state index in [9.17, 15) is 0 Å². The molecule has 0 amide bonds. The Labute approximate surface area is 83.8 Å². The molecule has 3 rings (SSSR count). The van der Waals surface area contributed by atoms with E-state index in [4.69, 9.17) is 5.73 Å². The molecule has 0 unspecified atom stereocenters. The standard InChI is InChI=1S/C11H15N3/c1-8-9(6-13-7-14-8)10(2-3-10)11(12)4-5-11/h6-7H,2-5,12H2,1H3. The van der Waals surface area contributed by atoms with Crippen LogP contribution in [-0.4, -0.2) is 15.5 Å². The van der Waals surface area contributed by atoms with Crippen LogP contribution in [-0.2, 0) is 5.41 Å². The second kappa shape index (κ2) is 2.34. The molecule has 2 N–H and O–H groups in total. The maximum atomic E-state index is 6.33. The predicted molar refractivity (Wildman–Crippen MR) is 53.8 cm³/mol. The minimum absolute atomic E-state index is 0.0719. The van der Waals surface area contributed by atoms with Crippen molar-refractivity contribution in [3.05, 3.63) is 23.8 Å². The highest BCUT2D eigenvalue weighted by Crippen LogP contribution is 2.63. The van der Waals surface area contributed by atoms with Gasteiger partial charge in [0.15, 0.2) is 0 Å². The number of rotatable bonds is 2. The Morgan fingerprint density at radius 3 is 2.50 bits per heavy atom. The molecule has 14 heavy (non-hydrogen) atoms. The summed E-state index contributed by atoms with van der Waals surface area (Å²) in [5.41, 5.74) is 9.04. The molecular weight excluding hydrogens is 174 g/mol. The van der Waals surface area contributed by atoms with Gasteiger partial charge in [0.25, 0.3) is 0 Å². The van der Waals surface area contributed by atoms with Crippen molar-refractivity contribution < 1.29 is 0 Å². The van der Waals surface area contributed by atoms with Crippen LogP contribution in [0.2, 0.25) is 0 Å². The molecule has 1 aromatic rings. The number of aromatic nitrogens is 2. The molecule has 2 aliphatic rings. The Morgan fingerprint density at radius 2 is 2.00 bits per heavy atom. The molecule has 0 atom stereocenters. The van der Waals surface area contributed by atoms with Crippen LogP contribution in [0, 0.1) is 6.92 Å². The topological polar surface area (TPSA) is 51.8 Å². The molecular formula is C11H15N3. The first kappa shape index (κ1) is 8.36. The first-order valence-corrected chi connectivity index (χ1v) is 5.24. The maximum Gasteiger partial charge on any atom is 0.115 e. The van der Waals surface area contributed by atoms with Crippen molar-refractivity contribution in [3.63, 3.8) is 0 Å². The summed E-state index contributed by atoms with van der Waals surface area (Å²) in [7, 11) is 0. The second-order valence-corrected chi connectivity index (χ2v) is 4.76. The third-order valence-electron chi connectivity index (χ3n) is 3.92. The summed E-state index contributed by atoms with van der Waals surface area (Å²) >= 11 is 0. The first-order valence-electron chi connectivity index (χ1n) is 5.24. The zero-order chi connectivity index (χ0) is 9.81. The van der Waals surface area contributed by atoms with Crippen LogP contribution in [0.15, 0.2) is 12.5 Å². The lowest BCUT2D eigenvalue weighted by molar-refractivity contribution is 0.497. The van der Waals surface area contributed by atoms with Crippen molar-refractivity contribution in [2.45, 2.75) is 43.6 Å². The number of nitrogens with zero attached hydrogens (tertiary/aromatic N) is 2. The molecule has 1 aromatic heterocycles. The molecule has 1 heterocycles. The van der Waals surface area contributed by atoms with Gasteiger partial charge in [0, 0.05) is 22.8 Å². The summed E-state index contributed by atoms with van der Waals surface area (Å²) in [6.45, 7) is 2.06. The van der Waals surface area contributed by atoms with E-state index in [0.717, 1.165) is 5.69 Å². The van der Waals surface area contributed by atoms with E-state index in [1.807, 2.05) is 6.20 Å². The van der Waals surface area contributed by atoms with Crippen LogP contribution in [0.3, 0.4) is 0 Å². The minimum atomic E-state index is 0.0719. The number of aryl methyl sites for hydroxylation is 1. The van der Waals surface area contributed by atoms with Crippen LogP contribution < -0.4 is 5.73 Å². The molecule has 2 saturated carbocycles. The zero-order valence-electron chi connectivity index (χ0n) is 8.45. The third kappa shape index (κ3) is 0.906. The van der Waals surface area contributed by atoms with Crippen molar-refractivity contribution in [2.75, 3.05) is 0 Å². The van der Waals surface area contributed by atoms with Gasteiger partial charge in [0.1, 0.15) is 6.33 Å². The number of hydrogen-bond acceptors (Lipinski definition) is 3. The summed E-state index contributed by atoms with van der Waals surface area (Å²) < 4.78 is 0. The van der Waals surface area contributed by atoms with Crippen LogP contribution >= 0.6 is 0 Å². The molecule has 0 aromatic carbocycles. The van der Waals surface area contributed by atoms with Crippen molar-refractivity contribution >= 4 is 0 Å². The largest absolute Gasteiger partial charge is 0.324 e. The minimum Gasteiger partial charge on any atom is -0.324 e. The molecule has 0 saturated heterocycles. The van der Waals surface area contributed by atoms with E-state index in [1.165, 1.54) is 31.2 Å². The fraction of sp³-hybridized carbons (Fsp3) is 0.636. The van der Waals surface area contributed by atoms with E-state index in [2.05, 4.69) is 16.9 Å². The van der Waals surface area contributed by atoms with Crippen LogP contribution in [0.5, 0.6) is 0 Å². The lowest BCUT2D eigenvalue weighted by Gasteiger charge is -2.23. The fourth-order valence-corrected chi connectivity index (χ4v) is 2.63. The van der Waals surface area contributed by atoms with Crippen LogP contribution in [0.1, 0.15) is 36.9 Å². The number of nitrogens with two attached hydrogens (primary N) is 1. The van der Waals surface area contributed by atoms with Gasteiger partial charge in [0.2, 0.25) is 0 Å². The maximum absolute atomic E-state index is 6.33. The molecule has 0 spiro atoms. The van der Waals surface area contributed by atoms with Gasteiger partial charge in [-0.2, -0.15) is 0 Å². The SMILES string of the molecule is Cc1ncncc1C1(C2(N)CC2)CC1. The third-order valence-corrected chi connectivity index (χ3v) is 3.92. The molecule has 74 valence electrons. The Morgan fingerprint density at radius 1 is 1.29 bits per heavy atom. The zero-order valence-corrected chi connectivity index (χ0v) is 8.45. The van der Waals surface area contributed by atoms with E-state index >= 15 is 0 Å². The van der Waals surface area contributed by atoms with E-state index < -0.39 is 0 Å². The molecule has 0 aliphatic heterocycles. The normalized spacial score (nSPS) is 25.9. The lowest BCUT2D eigenvalue weighted by Crippen LogP contribution is -2.38. The van der Waals surface area contributed by atoms with E-state index in [1.54, 1.807) is 6.33 Å². The molecule has 0 bridgehead atoms. The second-order valence-electron chi connectivity index (χ2n) is 4.76. The molecule has 2 fully saturated rings. The highest BCUT2D eigenvalue weighted by atomic mass is 14.9. The fourth-order valence-electron chi connectivity index (χ4n) is 2.63. The van der Waals surface area contributed by atoms with Gasteiger partial charge in [-0.05, 0) is 38.2 Å². The highest BCUT2D eigenvalue weighted by molar-refractivity contribution is 5.41. The predicted octanol–water partition coefficient (Wildman–Crippen LogP) is 1.31. The lowest BCUT2D eigenvalue weighted by atomic mass is 9.86. The number of hydrogen-bond donors (Lipinski definition) is 1. The quantitative estimate of drug-likeness (QED) is 0.763. The first-order chi connectivity index (χ1) is 6.68. The Hall–Kier alpha value is -0.960. The summed E-state index contributed by atoms with van der Waals surface area (Å²) in [6.07, 6.45) is 8.35. The molecule has 0 radical (unpaired) electrons. The van der Waals surface area contributed by atoms with Crippen molar-refractivity contribution in [3.8, 4) is 0 Å². The molecule has 3 heteroatoms. The van der Waals surface area contributed by atoms with Crippen LogP contribution in [0.25, 0.3) is 0 Å². The van der Waals surface area contributed by atoms with Gasteiger partial charge in [-0.25, -0.2) is 9.97 Å². The van der Waals surface area contributed by atoms with Gasteiger partial charge >= 0.3 is 0 Å². The van der Waals surface area contributed by atoms with Crippen molar-refractivity contribution in [2.24, 2.45) is 5.73 Å². The van der Waals surface area contributed by atoms with Gasteiger partial charge in [-0.1, -0.05) is 0 Å². The average Bonchev–Trinajstić information content (AvgIpc) is 3.01. The summed E-state index contributed by atoms with van der Waals surface area (Å²) in [5.74, 6) is 0. The Balaban J connectivity index is 2.07. The van der Waals surface area contributed by atoms with Crippen molar-refractivity contribution in [1.82, 2.24) is 9.97 Å². The smallest absolute Gasteiger partial charge is 0.115 e. The highest BCUT2D eigenvalue weighted by Gasteiger charge is 2.64. The monoisotopic (exact) mass is 189 g/mol. The van der Waals surface area contributed by atoms with Crippen molar-refractivity contribution in [1.29, 1.82) is 0 Å². The van der Waals surface area contributed by atoms with Gasteiger partial charge in [-0.15, -0.1) is 0 Å². The van der Waals surface area contributed by atoms with Gasteiger partial charge in [0.05, 0.1) is 0 Å². The summed E-state index contributed by atoms with van der Waals surface area (Å²) in [6, 6.07) is 0. The average molecular weight is 189 g/mol. The van der Waals surface area contributed by atoms with Crippen LogP contribution in [0.4, 0.5) is 0 Å². The molecule has 2 aliphatic carbocycles. The van der Waals surface area contributed by atoms with Gasteiger partial charge < -0.3 is 5.73 Å². The van der Waals surface area contributed by atoms with Gasteiger partial charge in [-0.3, -0.25) is 0 Å². The van der Waals surface area contributed by atoms with E-state index in [0.29, 0.717) is 0 Å². The Kier molecular flexibility index (Phi) is 1.40. The Bertz CT molecular complexity index is 378. The summed E-state index contributed by atoms with van der Waals surface area (Å²) in [5, 5.41) is 0. The summed E-state index contributed by atoms with van der Waals surface area (Å²) in [4.78, 5) is 8.39. The molecule has 3 nitrogen and oxygen atoms in total.